The lowest BCUT2D eigenvalue weighted by Gasteiger charge is -2.18. The van der Waals surface area contributed by atoms with Crippen LogP contribution < -0.4 is 5.32 Å². The van der Waals surface area contributed by atoms with Gasteiger partial charge in [-0.15, -0.1) is 0 Å². The lowest BCUT2D eigenvalue weighted by atomic mass is 10.0. The number of hydrogen-bond acceptors (Lipinski definition) is 2. The number of benzene rings is 1. The van der Waals surface area contributed by atoms with Gasteiger partial charge in [-0.25, -0.2) is 0 Å². The van der Waals surface area contributed by atoms with Crippen LogP contribution in [0.5, 0.6) is 0 Å². The third kappa shape index (κ3) is 4.14. The van der Waals surface area contributed by atoms with Gasteiger partial charge in [-0.1, -0.05) is 29.3 Å². The molecule has 1 amide bonds. The molecule has 0 spiro atoms. The Labute approximate surface area is 139 Å². The average molecular weight is 344 g/mol. The highest BCUT2D eigenvalue weighted by Crippen LogP contribution is 2.31. The molecule has 1 aliphatic rings. The van der Waals surface area contributed by atoms with Gasteiger partial charge in [-0.2, -0.15) is 0 Å². The van der Waals surface area contributed by atoms with E-state index >= 15 is 0 Å². The largest absolute Gasteiger partial charge is 0.481 e. The molecule has 0 aromatic heterocycles. The molecule has 1 unspecified atom stereocenters. The number of aliphatic carboxylic acids is 1. The molecular formula is C16H19Cl2NO3. The molecule has 4 nitrogen and oxygen atoms in total. The van der Waals surface area contributed by atoms with E-state index in [1.165, 1.54) is 0 Å². The molecule has 0 heterocycles. The Bertz CT molecular complexity index is 556. The Morgan fingerprint density at radius 2 is 1.86 bits per heavy atom. The van der Waals surface area contributed by atoms with Crippen LogP contribution in [0, 0.1) is 11.8 Å². The second kappa shape index (κ2) is 7.34. The number of carboxylic acid groups (broad SMARTS) is 1. The Morgan fingerprint density at radius 1 is 1.27 bits per heavy atom. The third-order valence-electron chi connectivity index (χ3n) is 4.11. The molecule has 0 saturated heterocycles. The van der Waals surface area contributed by atoms with Crippen molar-refractivity contribution in [1.29, 1.82) is 0 Å². The lowest BCUT2D eigenvalue weighted by molar-refractivity contribution is -0.141. The van der Waals surface area contributed by atoms with Crippen molar-refractivity contribution in [1.82, 2.24) is 5.32 Å². The topological polar surface area (TPSA) is 66.4 Å². The Hall–Kier alpha value is -1.26. The standard InChI is InChI=1S/C16H19Cl2NO3/c1-9(7-12-13(17)3-2-4-14(12)18)19-15(20)10-5-6-11(8-10)16(21)22/h2-4,9-11H,5-8H2,1H3,(H,19,20)(H,21,22)/t9?,10-,11+/m1/s1. The molecule has 1 aromatic rings. The molecule has 0 aliphatic heterocycles. The average Bonchev–Trinajstić information content (AvgIpc) is 2.93. The number of carbonyl (C=O) groups excluding carboxylic acids is 1. The van der Waals surface area contributed by atoms with E-state index in [2.05, 4.69) is 5.32 Å². The van der Waals surface area contributed by atoms with Crippen LogP contribution in [0.2, 0.25) is 10.0 Å². The van der Waals surface area contributed by atoms with Crippen LogP contribution in [-0.2, 0) is 16.0 Å². The smallest absolute Gasteiger partial charge is 0.306 e. The van der Waals surface area contributed by atoms with Gasteiger partial charge in [0.25, 0.3) is 0 Å². The van der Waals surface area contributed by atoms with Crippen molar-refractivity contribution in [3.8, 4) is 0 Å². The molecule has 2 rings (SSSR count). The zero-order chi connectivity index (χ0) is 16.3. The summed E-state index contributed by atoms with van der Waals surface area (Å²) >= 11 is 12.3. The molecule has 2 N–H and O–H groups in total. The van der Waals surface area contributed by atoms with Gasteiger partial charge < -0.3 is 10.4 Å². The molecule has 1 fully saturated rings. The van der Waals surface area contributed by atoms with Gasteiger partial charge in [0.2, 0.25) is 5.91 Å². The highest BCUT2D eigenvalue weighted by atomic mass is 35.5. The van der Waals surface area contributed by atoms with Crippen molar-refractivity contribution in [3.05, 3.63) is 33.8 Å². The Kier molecular flexibility index (Phi) is 5.70. The summed E-state index contributed by atoms with van der Waals surface area (Å²) in [6.07, 6.45) is 2.15. The van der Waals surface area contributed by atoms with E-state index < -0.39 is 11.9 Å². The predicted octanol–water partition coefficient (Wildman–Crippen LogP) is 3.54. The van der Waals surface area contributed by atoms with Gasteiger partial charge in [-0.3, -0.25) is 9.59 Å². The molecule has 0 radical (unpaired) electrons. The highest BCUT2D eigenvalue weighted by Gasteiger charge is 2.34. The minimum Gasteiger partial charge on any atom is -0.481 e. The van der Waals surface area contributed by atoms with Crippen LogP contribution in [0.1, 0.15) is 31.7 Å². The summed E-state index contributed by atoms with van der Waals surface area (Å²) in [6, 6.07) is 5.20. The van der Waals surface area contributed by atoms with Gasteiger partial charge in [0.1, 0.15) is 0 Å². The van der Waals surface area contributed by atoms with Gasteiger partial charge >= 0.3 is 5.97 Å². The van der Waals surface area contributed by atoms with Crippen molar-refractivity contribution in [2.45, 2.75) is 38.6 Å². The summed E-state index contributed by atoms with van der Waals surface area (Å²) in [5.41, 5.74) is 0.813. The van der Waals surface area contributed by atoms with Crippen molar-refractivity contribution in [2.24, 2.45) is 11.8 Å². The van der Waals surface area contributed by atoms with E-state index in [-0.39, 0.29) is 17.9 Å². The molecule has 0 bridgehead atoms. The number of hydrogen-bond donors (Lipinski definition) is 2. The molecule has 22 heavy (non-hydrogen) atoms. The van der Waals surface area contributed by atoms with Gasteiger partial charge in [0.05, 0.1) is 5.92 Å². The fraction of sp³-hybridized carbons (Fsp3) is 0.500. The first-order chi connectivity index (χ1) is 10.4. The van der Waals surface area contributed by atoms with E-state index in [0.29, 0.717) is 35.7 Å². The van der Waals surface area contributed by atoms with E-state index in [9.17, 15) is 9.59 Å². The molecule has 1 aliphatic carbocycles. The first-order valence-electron chi connectivity index (χ1n) is 7.34. The summed E-state index contributed by atoms with van der Waals surface area (Å²) < 4.78 is 0. The number of carboxylic acids is 1. The van der Waals surface area contributed by atoms with Crippen LogP contribution in [0.3, 0.4) is 0 Å². The monoisotopic (exact) mass is 343 g/mol. The summed E-state index contributed by atoms with van der Waals surface area (Å²) in [4.78, 5) is 23.2. The van der Waals surface area contributed by atoms with Crippen LogP contribution in [0.4, 0.5) is 0 Å². The van der Waals surface area contributed by atoms with E-state index in [4.69, 9.17) is 28.3 Å². The van der Waals surface area contributed by atoms with Crippen molar-refractivity contribution in [2.75, 3.05) is 0 Å². The predicted molar refractivity (Wildman–Crippen MR) is 86.2 cm³/mol. The maximum absolute atomic E-state index is 12.2. The van der Waals surface area contributed by atoms with Gasteiger partial charge in [0.15, 0.2) is 0 Å². The highest BCUT2D eigenvalue weighted by molar-refractivity contribution is 6.36. The summed E-state index contributed by atoms with van der Waals surface area (Å²) in [6.45, 7) is 1.89. The minimum absolute atomic E-state index is 0.0839. The third-order valence-corrected chi connectivity index (χ3v) is 4.82. The Balaban J connectivity index is 1.91. The van der Waals surface area contributed by atoms with E-state index in [1.807, 2.05) is 6.92 Å². The summed E-state index contributed by atoms with van der Waals surface area (Å²) in [5, 5.41) is 13.1. The van der Waals surface area contributed by atoms with Gasteiger partial charge in [-0.05, 0) is 50.3 Å². The first kappa shape index (κ1) is 17.1. The second-order valence-electron chi connectivity index (χ2n) is 5.86. The van der Waals surface area contributed by atoms with Crippen LogP contribution in [0.25, 0.3) is 0 Å². The Morgan fingerprint density at radius 3 is 2.41 bits per heavy atom. The zero-order valence-electron chi connectivity index (χ0n) is 12.3. The van der Waals surface area contributed by atoms with Crippen LogP contribution in [0.15, 0.2) is 18.2 Å². The summed E-state index contributed by atoms with van der Waals surface area (Å²) in [7, 11) is 0. The van der Waals surface area contributed by atoms with E-state index in [0.717, 1.165) is 5.56 Å². The minimum atomic E-state index is -0.814. The number of amides is 1. The normalized spacial score (nSPS) is 22.3. The number of carbonyl (C=O) groups is 2. The zero-order valence-corrected chi connectivity index (χ0v) is 13.8. The number of nitrogens with one attached hydrogen (secondary N) is 1. The second-order valence-corrected chi connectivity index (χ2v) is 6.67. The van der Waals surface area contributed by atoms with E-state index in [1.54, 1.807) is 18.2 Å². The van der Waals surface area contributed by atoms with Crippen molar-refractivity contribution >= 4 is 35.1 Å². The summed E-state index contributed by atoms with van der Waals surface area (Å²) in [5.74, 6) is -1.51. The number of halogens is 2. The van der Waals surface area contributed by atoms with Gasteiger partial charge in [0, 0.05) is 22.0 Å². The molecule has 1 saturated carbocycles. The van der Waals surface area contributed by atoms with Crippen molar-refractivity contribution in [3.63, 3.8) is 0 Å². The lowest BCUT2D eigenvalue weighted by Crippen LogP contribution is -2.38. The molecular weight excluding hydrogens is 325 g/mol. The SMILES string of the molecule is CC(Cc1c(Cl)cccc1Cl)NC(=O)[C@@H]1CC[C@H](C(=O)O)C1. The number of rotatable bonds is 5. The quantitative estimate of drug-likeness (QED) is 0.859. The van der Waals surface area contributed by atoms with Crippen LogP contribution >= 0.6 is 23.2 Å². The fourth-order valence-corrected chi connectivity index (χ4v) is 3.44. The maximum atomic E-state index is 12.2. The van der Waals surface area contributed by atoms with Crippen molar-refractivity contribution < 1.29 is 14.7 Å². The molecule has 1 aromatic carbocycles. The molecule has 3 atom stereocenters. The van der Waals surface area contributed by atoms with Crippen LogP contribution in [-0.4, -0.2) is 23.0 Å². The fourth-order valence-electron chi connectivity index (χ4n) is 2.89. The maximum Gasteiger partial charge on any atom is 0.306 e. The first-order valence-corrected chi connectivity index (χ1v) is 8.10. The molecule has 120 valence electrons. The molecule has 6 heteroatoms.